The smallest absolute Gasteiger partial charge is 0.216 e. The molecule has 1 aliphatic carbocycles. The number of anilines is 1. The van der Waals surface area contributed by atoms with Gasteiger partial charge in [0, 0.05) is 30.9 Å². The van der Waals surface area contributed by atoms with Crippen LogP contribution in [0.3, 0.4) is 0 Å². The van der Waals surface area contributed by atoms with E-state index in [1.54, 1.807) is 0 Å². The minimum Gasteiger partial charge on any atom is -0.425 e. The number of pyridine rings is 1. The first-order chi connectivity index (χ1) is 12.7. The van der Waals surface area contributed by atoms with Crippen LogP contribution in [0.25, 0.3) is 0 Å². The van der Waals surface area contributed by atoms with Crippen LogP contribution in [0.15, 0.2) is 10.5 Å². The van der Waals surface area contributed by atoms with Crippen molar-refractivity contribution in [3.05, 3.63) is 34.7 Å². The number of nitrogens with zero attached hydrogens (tertiary/aromatic N) is 4. The SMILES string of the molecule is CCc1nnc(C[C@@H]2CC[C@H](Nc3nc4c(cc3C#N)COCC4)C2)o1. The summed E-state index contributed by atoms with van der Waals surface area (Å²) in [6.45, 7) is 3.25. The summed E-state index contributed by atoms with van der Waals surface area (Å²) in [5.41, 5.74) is 2.68. The molecule has 26 heavy (non-hydrogen) atoms. The van der Waals surface area contributed by atoms with Gasteiger partial charge < -0.3 is 14.5 Å². The molecule has 1 aliphatic heterocycles. The summed E-state index contributed by atoms with van der Waals surface area (Å²) < 4.78 is 11.1. The fourth-order valence-electron chi connectivity index (χ4n) is 3.83. The quantitative estimate of drug-likeness (QED) is 0.882. The summed E-state index contributed by atoms with van der Waals surface area (Å²) in [5.74, 6) is 2.67. The molecule has 0 amide bonds. The molecule has 2 aromatic rings. The van der Waals surface area contributed by atoms with Gasteiger partial charge in [0.25, 0.3) is 0 Å². The lowest BCUT2D eigenvalue weighted by molar-refractivity contribution is 0.109. The zero-order valence-electron chi connectivity index (χ0n) is 15.0. The van der Waals surface area contributed by atoms with Crippen LogP contribution in [0.2, 0.25) is 0 Å². The summed E-state index contributed by atoms with van der Waals surface area (Å²) in [5, 5.41) is 21.1. The van der Waals surface area contributed by atoms with Crippen molar-refractivity contribution in [2.75, 3.05) is 11.9 Å². The van der Waals surface area contributed by atoms with Gasteiger partial charge in [-0.05, 0) is 31.2 Å². The lowest BCUT2D eigenvalue weighted by Gasteiger charge is -2.20. The first kappa shape index (κ1) is 17.0. The minimum absolute atomic E-state index is 0.325. The molecule has 1 fully saturated rings. The molecule has 7 nitrogen and oxygen atoms in total. The fourth-order valence-corrected chi connectivity index (χ4v) is 3.83. The Hall–Kier alpha value is -2.46. The summed E-state index contributed by atoms with van der Waals surface area (Å²) >= 11 is 0. The van der Waals surface area contributed by atoms with Gasteiger partial charge in [-0.15, -0.1) is 10.2 Å². The molecule has 0 radical (unpaired) electrons. The number of nitrogens with one attached hydrogen (secondary N) is 1. The van der Waals surface area contributed by atoms with E-state index in [0.29, 0.717) is 42.4 Å². The Kier molecular flexibility index (Phi) is 4.85. The Morgan fingerprint density at radius 2 is 2.19 bits per heavy atom. The van der Waals surface area contributed by atoms with Gasteiger partial charge in [0.05, 0.1) is 24.5 Å². The van der Waals surface area contributed by atoms with Crippen LogP contribution in [0, 0.1) is 17.2 Å². The number of aryl methyl sites for hydroxylation is 1. The van der Waals surface area contributed by atoms with Crippen molar-refractivity contribution in [1.82, 2.24) is 15.2 Å². The average Bonchev–Trinajstić information content (AvgIpc) is 3.30. The van der Waals surface area contributed by atoms with Gasteiger partial charge in [0.1, 0.15) is 11.9 Å². The molecular weight excluding hydrogens is 330 g/mol. The maximum absolute atomic E-state index is 9.47. The Balaban J connectivity index is 1.41. The maximum Gasteiger partial charge on any atom is 0.216 e. The number of hydrogen-bond acceptors (Lipinski definition) is 7. The van der Waals surface area contributed by atoms with E-state index in [-0.39, 0.29) is 0 Å². The van der Waals surface area contributed by atoms with Gasteiger partial charge in [-0.3, -0.25) is 0 Å². The molecular formula is C19H23N5O2. The van der Waals surface area contributed by atoms with Crippen molar-refractivity contribution in [2.24, 2.45) is 5.92 Å². The second kappa shape index (κ2) is 7.42. The molecule has 1 N–H and O–H groups in total. The molecule has 0 unspecified atom stereocenters. The van der Waals surface area contributed by atoms with Gasteiger partial charge in [-0.1, -0.05) is 6.92 Å². The Morgan fingerprint density at radius 3 is 3.00 bits per heavy atom. The van der Waals surface area contributed by atoms with Gasteiger partial charge in [-0.2, -0.15) is 5.26 Å². The van der Waals surface area contributed by atoms with Crippen molar-refractivity contribution >= 4 is 5.82 Å². The molecule has 1 saturated carbocycles. The number of aromatic nitrogens is 3. The van der Waals surface area contributed by atoms with Gasteiger partial charge in [-0.25, -0.2) is 4.98 Å². The van der Waals surface area contributed by atoms with Crippen LogP contribution in [0.5, 0.6) is 0 Å². The second-order valence-electron chi connectivity index (χ2n) is 7.07. The molecule has 2 aromatic heterocycles. The van der Waals surface area contributed by atoms with Crippen LogP contribution in [-0.4, -0.2) is 27.8 Å². The highest BCUT2D eigenvalue weighted by Crippen LogP contribution is 2.31. The van der Waals surface area contributed by atoms with Gasteiger partial charge >= 0.3 is 0 Å². The van der Waals surface area contributed by atoms with Crippen molar-refractivity contribution in [2.45, 2.75) is 58.1 Å². The highest BCUT2D eigenvalue weighted by molar-refractivity contribution is 5.55. The number of ether oxygens (including phenoxy) is 1. The van der Waals surface area contributed by atoms with Crippen molar-refractivity contribution < 1.29 is 9.15 Å². The van der Waals surface area contributed by atoms with Gasteiger partial charge in [0.2, 0.25) is 11.8 Å². The molecule has 3 heterocycles. The molecule has 4 rings (SSSR count). The summed E-state index contributed by atoms with van der Waals surface area (Å²) in [4.78, 5) is 4.72. The normalized spacial score (nSPS) is 22.0. The van der Waals surface area contributed by atoms with E-state index in [1.165, 1.54) is 0 Å². The highest BCUT2D eigenvalue weighted by Gasteiger charge is 2.27. The van der Waals surface area contributed by atoms with E-state index in [9.17, 15) is 5.26 Å². The highest BCUT2D eigenvalue weighted by atomic mass is 16.5. The molecule has 2 atom stereocenters. The first-order valence-electron chi connectivity index (χ1n) is 9.33. The monoisotopic (exact) mass is 353 g/mol. The van der Waals surface area contributed by atoms with Crippen LogP contribution >= 0.6 is 0 Å². The third-order valence-corrected chi connectivity index (χ3v) is 5.21. The Morgan fingerprint density at radius 1 is 1.31 bits per heavy atom. The predicted molar refractivity (Wildman–Crippen MR) is 94.4 cm³/mol. The lowest BCUT2D eigenvalue weighted by atomic mass is 10.0. The number of nitriles is 1. The number of rotatable bonds is 5. The molecule has 0 bridgehead atoms. The molecule has 2 aliphatic rings. The van der Waals surface area contributed by atoms with E-state index in [0.717, 1.165) is 55.7 Å². The predicted octanol–water partition coefficient (Wildman–Crippen LogP) is 2.79. The zero-order chi connectivity index (χ0) is 17.9. The summed E-state index contributed by atoms with van der Waals surface area (Å²) in [6.07, 6.45) is 5.60. The average molecular weight is 353 g/mol. The fraction of sp³-hybridized carbons (Fsp3) is 0.579. The van der Waals surface area contributed by atoms with Crippen molar-refractivity contribution in [3.63, 3.8) is 0 Å². The Labute approximate surface area is 152 Å². The third-order valence-electron chi connectivity index (χ3n) is 5.21. The van der Waals surface area contributed by atoms with E-state index in [2.05, 4.69) is 21.6 Å². The van der Waals surface area contributed by atoms with Crippen molar-refractivity contribution in [3.8, 4) is 6.07 Å². The molecule has 0 aromatic carbocycles. The molecule has 136 valence electrons. The number of hydrogen-bond donors (Lipinski definition) is 1. The first-order valence-corrected chi connectivity index (χ1v) is 9.33. The summed E-state index contributed by atoms with van der Waals surface area (Å²) in [6, 6.07) is 4.51. The molecule has 0 spiro atoms. The molecule has 0 saturated heterocycles. The largest absolute Gasteiger partial charge is 0.425 e. The summed E-state index contributed by atoms with van der Waals surface area (Å²) in [7, 11) is 0. The van der Waals surface area contributed by atoms with Gasteiger partial charge in [0.15, 0.2) is 0 Å². The van der Waals surface area contributed by atoms with E-state index in [4.69, 9.17) is 14.1 Å². The standard InChI is InChI=1S/C19H23N5O2/c1-2-17-23-24-18(26-17)8-12-3-4-15(7-12)21-19-13(10-20)9-14-11-25-6-5-16(14)22-19/h9,12,15H,2-8,11H2,1H3,(H,21,22)/t12-,15+/m1/s1. The third kappa shape index (κ3) is 3.56. The number of fused-ring (bicyclic) bond motifs is 1. The second-order valence-corrected chi connectivity index (χ2v) is 7.07. The molecule has 7 heteroatoms. The van der Waals surface area contributed by atoms with Crippen LogP contribution in [0.1, 0.15) is 54.8 Å². The van der Waals surface area contributed by atoms with E-state index < -0.39 is 0 Å². The van der Waals surface area contributed by atoms with Crippen LogP contribution in [0.4, 0.5) is 5.82 Å². The van der Waals surface area contributed by atoms with Crippen LogP contribution in [-0.2, 0) is 30.6 Å². The van der Waals surface area contributed by atoms with E-state index in [1.807, 2.05) is 13.0 Å². The maximum atomic E-state index is 9.47. The van der Waals surface area contributed by atoms with Crippen molar-refractivity contribution in [1.29, 1.82) is 5.26 Å². The Bertz CT molecular complexity index is 826. The van der Waals surface area contributed by atoms with Crippen LogP contribution < -0.4 is 5.32 Å². The lowest BCUT2D eigenvalue weighted by Crippen LogP contribution is -2.20. The topological polar surface area (TPSA) is 96.9 Å². The minimum atomic E-state index is 0.325. The van der Waals surface area contributed by atoms with E-state index >= 15 is 0 Å². The zero-order valence-corrected chi connectivity index (χ0v) is 15.0.